The number of ether oxygens (including phenoxy) is 2. The van der Waals surface area contributed by atoms with Crippen LogP contribution in [-0.2, 0) is 0 Å². The highest BCUT2D eigenvalue weighted by Gasteiger charge is 2.24. The van der Waals surface area contributed by atoms with E-state index in [0.29, 0.717) is 13.2 Å². The van der Waals surface area contributed by atoms with E-state index in [1.165, 1.54) is 0 Å². The standard InChI is InChI=1S/C11H14O2/c1-11(2)7-12-9-5-3-4-6-10(9)13-8-11/h3-6H,7-8H2,1-2H3. The molecule has 1 aliphatic rings. The Morgan fingerprint density at radius 1 is 1.00 bits per heavy atom. The second-order valence-electron chi connectivity index (χ2n) is 4.19. The van der Waals surface area contributed by atoms with Crippen LogP contribution in [0.5, 0.6) is 11.5 Å². The van der Waals surface area contributed by atoms with E-state index in [1.54, 1.807) is 0 Å². The van der Waals surface area contributed by atoms with Gasteiger partial charge in [-0.15, -0.1) is 0 Å². The average molecular weight is 178 g/mol. The monoisotopic (exact) mass is 178 g/mol. The van der Waals surface area contributed by atoms with Crippen LogP contribution in [-0.4, -0.2) is 13.2 Å². The zero-order valence-electron chi connectivity index (χ0n) is 8.04. The summed E-state index contributed by atoms with van der Waals surface area (Å²) < 4.78 is 11.3. The molecule has 0 amide bonds. The molecule has 0 fully saturated rings. The van der Waals surface area contributed by atoms with Crippen molar-refractivity contribution in [3.05, 3.63) is 24.3 Å². The number of hydrogen-bond donors (Lipinski definition) is 0. The topological polar surface area (TPSA) is 18.5 Å². The fourth-order valence-electron chi connectivity index (χ4n) is 1.28. The van der Waals surface area contributed by atoms with Crippen LogP contribution in [0.25, 0.3) is 0 Å². The zero-order chi connectivity index (χ0) is 9.31. The Morgan fingerprint density at radius 2 is 1.46 bits per heavy atom. The molecule has 0 unspecified atom stereocenters. The third-order valence-corrected chi connectivity index (χ3v) is 2.09. The van der Waals surface area contributed by atoms with Crippen molar-refractivity contribution < 1.29 is 9.47 Å². The van der Waals surface area contributed by atoms with Crippen LogP contribution in [0.1, 0.15) is 13.8 Å². The third kappa shape index (κ3) is 1.77. The maximum Gasteiger partial charge on any atom is 0.161 e. The number of rotatable bonds is 0. The van der Waals surface area contributed by atoms with Crippen LogP contribution in [0, 0.1) is 5.41 Å². The van der Waals surface area contributed by atoms with E-state index in [1.807, 2.05) is 24.3 Å². The van der Waals surface area contributed by atoms with Gasteiger partial charge in [0.05, 0.1) is 13.2 Å². The Bertz CT molecular complexity index is 276. The first-order valence-corrected chi connectivity index (χ1v) is 4.52. The van der Waals surface area contributed by atoms with E-state index in [0.717, 1.165) is 11.5 Å². The molecule has 1 heterocycles. The first kappa shape index (κ1) is 8.42. The van der Waals surface area contributed by atoms with Gasteiger partial charge in [-0.3, -0.25) is 0 Å². The molecular weight excluding hydrogens is 164 g/mol. The van der Waals surface area contributed by atoms with Crippen molar-refractivity contribution in [2.24, 2.45) is 5.41 Å². The Kier molecular flexibility index (Phi) is 1.91. The zero-order valence-corrected chi connectivity index (χ0v) is 8.04. The lowest BCUT2D eigenvalue weighted by molar-refractivity contribution is 0.140. The Labute approximate surface area is 78.5 Å². The SMILES string of the molecule is CC1(C)COc2ccccc2OC1. The van der Waals surface area contributed by atoms with Gasteiger partial charge in [-0.25, -0.2) is 0 Å². The van der Waals surface area contributed by atoms with Gasteiger partial charge in [-0.05, 0) is 12.1 Å². The molecule has 0 saturated heterocycles. The molecule has 1 aromatic rings. The lowest BCUT2D eigenvalue weighted by Gasteiger charge is -2.19. The summed E-state index contributed by atoms with van der Waals surface area (Å²) in [5.74, 6) is 1.71. The molecule has 0 aromatic heterocycles. The highest BCUT2D eigenvalue weighted by molar-refractivity contribution is 5.39. The van der Waals surface area contributed by atoms with Crippen molar-refractivity contribution >= 4 is 0 Å². The number of fused-ring (bicyclic) bond motifs is 1. The summed E-state index contributed by atoms with van der Waals surface area (Å²) in [6.07, 6.45) is 0. The van der Waals surface area contributed by atoms with Gasteiger partial charge in [0.15, 0.2) is 11.5 Å². The van der Waals surface area contributed by atoms with Gasteiger partial charge < -0.3 is 9.47 Å². The molecule has 2 rings (SSSR count). The average Bonchev–Trinajstić information content (AvgIpc) is 2.27. The highest BCUT2D eigenvalue weighted by Crippen LogP contribution is 2.32. The molecule has 0 N–H and O–H groups in total. The minimum Gasteiger partial charge on any atom is -0.489 e. The first-order chi connectivity index (χ1) is 6.17. The molecule has 0 spiro atoms. The summed E-state index contributed by atoms with van der Waals surface area (Å²) in [7, 11) is 0. The van der Waals surface area contributed by atoms with Crippen LogP contribution in [0.3, 0.4) is 0 Å². The fourth-order valence-corrected chi connectivity index (χ4v) is 1.28. The van der Waals surface area contributed by atoms with Crippen LogP contribution in [0.15, 0.2) is 24.3 Å². The quantitative estimate of drug-likeness (QED) is 0.607. The highest BCUT2D eigenvalue weighted by atomic mass is 16.5. The molecule has 2 nitrogen and oxygen atoms in total. The van der Waals surface area contributed by atoms with E-state index in [2.05, 4.69) is 13.8 Å². The van der Waals surface area contributed by atoms with Crippen molar-refractivity contribution in [1.82, 2.24) is 0 Å². The number of para-hydroxylation sites is 2. The molecule has 0 radical (unpaired) electrons. The first-order valence-electron chi connectivity index (χ1n) is 4.52. The van der Waals surface area contributed by atoms with E-state index >= 15 is 0 Å². The van der Waals surface area contributed by atoms with Crippen LogP contribution in [0.4, 0.5) is 0 Å². The van der Waals surface area contributed by atoms with Crippen molar-refractivity contribution in [2.75, 3.05) is 13.2 Å². The molecule has 0 saturated carbocycles. The minimum atomic E-state index is 0.0962. The second kappa shape index (κ2) is 2.95. The van der Waals surface area contributed by atoms with Gasteiger partial charge in [0, 0.05) is 5.41 Å². The van der Waals surface area contributed by atoms with Crippen molar-refractivity contribution in [3.63, 3.8) is 0 Å². The van der Waals surface area contributed by atoms with Gasteiger partial charge >= 0.3 is 0 Å². The van der Waals surface area contributed by atoms with Crippen LogP contribution >= 0.6 is 0 Å². The van der Waals surface area contributed by atoms with Gasteiger partial charge in [-0.1, -0.05) is 26.0 Å². The lowest BCUT2D eigenvalue weighted by atomic mass is 9.97. The van der Waals surface area contributed by atoms with Crippen LogP contribution < -0.4 is 9.47 Å². The molecule has 1 aliphatic heterocycles. The predicted molar refractivity (Wildman–Crippen MR) is 51.2 cm³/mol. The van der Waals surface area contributed by atoms with Crippen molar-refractivity contribution in [1.29, 1.82) is 0 Å². The maximum atomic E-state index is 5.64. The molecule has 1 aromatic carbocycles. The van der Waals surface area contributed by atoms with Crippen LogP contribution in [0.2, 0.25) is 0 Å². The van der Waals surface area contributed by atoms with E-state index < -0.39 is 0 Å². The molecule has 0 bridgehead atoms. The van der Waals surface area contributed by atoms with Gasteiger partial charge in [0.1, 0.15) is 0 Å². The van der Waals surface area contributed by atoms with Crippen molar-refractivity contribution in [3.8, 4) is 11.5 Å². The summed E-state index contributed by atoms with van der Waals surface area (Å²) in [4.78, 5) is 0. The molecule has 0 aliphatic carbocycles. The largest absolute Gasteiger partial charge is 0.489 e. The van der Waals surface area contributed by atoms with E-state index in [9.17, 15) is 0 Å². The maximum absolute atomic E-state index is 5.64. The summed E-state index contributed by atoms with van der Waals surface area (Å²) in [6, 6.07) is 7.80. The van der Waals surface area contributed by atoms with E-state index in [4.69, 9.17) is 9.47 Å². The fraction of sp³-hybridized carbons (Fsp3) is 0.455. The summed E-state index contributed by atoms with van der Waals surface area (Å²) in [6.45, 7) is 5.70. The second-order valence-corrected chi connectivity index (χ2v) is 4.19. The van der Waals surface area contributed by atoms with Crippen molar-refractivity contribution in [2.45, 2.75) is 13.8 Å². The Hall–Kier alpha value is -1.18. The smallest absolute Gasteiger partial charge is 0.161 e. The summed E-state index contributed by atoms with van der Waals surface area (Å²) >= 11 is 0. The minimum absolute atomic E-state index is 0.0962. The normalized spacial score (nSPS) is 19.2. The molecule has 13 heavy (non-hydrogen) atoms. The number of hydrogen-bond acceptors (Lipinski definition) is 2. The molecular formula is C11H14O2. The Balaban J connectivity index is 2.27. The summed E-state index contributed by atoms with van der Waals surface area (Å²) in [5.41, 5.74) is 0.0962. The molecule has 70 valence electrons. The molecule has 0 atom stereocenters. The third-order valence-electron chi connectivity index (χ3n) is 2.09. The number of benzene rings is 1. The Morgan fingerprint density at radius 3 is 1.92 bits per heavy atom. The lowest BCUT2D eigenvalue weighted by Crippen LogP contribution is -2.26. The van der Waals surface area contributed by atoms with E-state index in [-0.39, 0.29) is 5.41 Å². The summed E-state index contributed by atoms with van der Waals surface area (Å²) in [5, 5.41) is 0. The van der Waals surface area contributed by atoms with Gasteiger partial charge in [-0.2, -0.15) is 0 Å². The van der Waals surface area contributed by atoms with Gasteiger partial charge in [0.25, 0.3) is 0 Å². The van der Waals surface area contributed by atoms with Gasteiger partial charge in [0.2, 0.25) is 0 Å². The predicted octanol–water partition coefficient (Wildman–Crippen LogP) is 2.48. The molecule has 2 heteroatoms.